The number of carbonyl (C=O) groups excluding carboxylic acids is 1. The summed E-state index contributed by atoms with van der Waals surface area (Å²) in [6, 6.07) is 13.8. The quantitative estimate of drug-likeness (QED) is 0.431. The Kier molecular flexibility index (Phi) is 4.34. The number of aromatic nitrogens is 1. The molecule has 2 N–H and O–H groups in total. The van der Waals surface area contributed by atoms with Crippen molar-refractivity contribution in [2.75, 3.05) is 0 Å². The van der Waals surface area contributed by atoms with Crippen LogP contribution in [0.5, 0.6) is 5.75 Å². The number of carbonyl (C=O) groups is 1. The number of amides is 1. The maximum Gasteiger partial charge on any atom is 0.271 e. The zero-order valence-corrected chi connectivity index (χ0v) is 12.8. The van der Waals surface area contributed by atoms with Gasteiger partial charge in [0.25, 0.3) is 11.6 Å². The topological polar surface area (TPSA) is 118 Å². The van der Waals surface area contributed by atoms with Gasteiger partial charge in [-0.15, -0.1) is 0 Å². The Morgan fingerprint density at radius 1 is 1.20 bits per heavy atom. The van der Waals surface area contributed by atoms with Gasteiger partial charge in [-0.3, -0.25) is 14.9 Å². The lowest BCUT2D eigenvalue weighted by Gasteiger charge is -2.02. The van der Waals surface area contributed by atoms with Crippen LogP contribution >= 0.6 is 0 Å². The zero-order chi connectivity index (χ0) is 17.8. The predicted octanol–water partition coefficient (Wildman–Crippen LogP) is 2.61. The van der Waals surface area contributed by atoms with Crippen molar-refractivity contribution in [2.24, 2.45) is 5.10 Å². The smallest absolute Gasteiger partial charge is 0.271 e. The SMILES string of the molecule is O=C(N/N=C\c1ccc2cccc(O)c2n1)c1cccc([N+](=O)[O-])c1. The number of nitrogens with zero attached hydrogens (tertiary/aromatic N) is 3. The first kappa shape index (κ1) is 16.1. The molecule has 8 heteroatoms. The summed E-state index contributed by atoms with van der Waals surface area (Å²) in [6.45, 7) is 0. The standard InChI is InChI=1S/C17H12N4O4/c22-15-6-2-3-11-7-8-13(19-16(11)15)10-18-20-17(23)12-4-1-5-14(9-12)21(24)25/h1-10,22H,(H,20,23)/b18-10-. The van der Waals surface area contributed by atoms with Gasteiger partial charge in [-0.05, 0) is 18.2 Å². The number of hydrazone groups is 1. The highest BCUT2D eigenvalue weighted by atomic mass is 16.6. The number of phenols is 1. The van der Waals surface area contributed by atoms with E-state index in [1.807, 2.05) is 6.07 Å². The summed E-state index contributed by atoms with van der Waals surface area (Å²) >= 11 is 0. The normalized spacial score (nSPS) is 10.9. The molecule has 0 saturated heterocycles. The third-order valence-corrected chi connectivity index (χ3v) is 3.40. The van der Waals surface area contributed by atoms with E-state index in [0.29, 0.717) is 11.2 Å². The van der Waals surface area contributed by atoms with Crippen LogP contribution in [0.2, 0.25) is 0 Å². The van der Waals surface area contributed by atoms with Gasteiger partial charge in [0.2, 0.25) is 0 Å². The van der Waals surface area contributed by atoms with E-state index in [2.05, 4.69) is 15.5 Å². The maximum absolute atomic E-state index is 12.0. The highest BCUT2D eigenvalue weighted by Crippen LogP contribution is 2.21. The van der Waals surface area contributed by atoms with Crippen molar-refractivity contribution in [3.8, 4) is 5.75 Å². The first-order valence-corrected chi connectivity index (χ1v) is 7.21. The summed E-state index contributed by atoms with van der Waals surface area (Å²) in [7, 11) is 0. The molecule has 0 aliphatic heterocycles. The Bertz CT molecular complexity index is 1000. The fourth-order valence-electron chi connectivity index (χ4n) is 2.20. The van der Waals surface area contributed by atoms with Gasteiger partial charge < -0.3 is 5.11 Å². The lowest BCUT2D eigenvalue weighted by Crippen LogP contribution is -2.17. The zero-order valence-electron chi connectivity index (χ0n) is 12.8. The highest BCUT2D eigenvalue weighted by molar-refractivity contribution is 5.95. The molecule has 0 aliphatic carbocycles. The van der Waals surface area contributed by atoms with Crippen molar-refractivity contribution in [2.45, 2.75) is 0 Å². The molecule has 1 aromatic heterocycles. The lowest BCUT2D eigenvalue weighted by atomic mass is 10.2. The third kappa shape index (κ3) is 3.58. The molecule has 25 heavy (non-hydrogen) atoms. The van der Waals surface area contributed by atoms with Crippen LogP contribution < -0.4 is 5.43 Å². The second kappa shape index (κ2) is 6.75. The molecular weight excluding hydrogens is 324 g/mol. The average molecular weight is 336 g/mol. The number of non-ortho nitro benzene ring substituents is 1. The minimum atomic E-state index is -0.580. The number of phenolic OH excluding ortho intramolecular Hbond substituents is 1. The lowest BCUT2D eigenvalue weighted by molar-refractivity contribution is -0.384. The van der Waals surface area contributed by atoms with Gasteiger partial charge >= 0.3 is 0 Å². The molecule has 0 unspecified atom stereocenters. The molecule has 3 rings (SSSR count). The molecule has 0 bridgehead atoms. The minimum Gasteiger partial charge on any atom is -0.506 e. The number of aromatic hydroxyl groups is 1. The van der Waals surface area contributed by atoms with E-state index in [1.54, 1.807) is 18.2 Å². The number of para-hydroxylation sites is 1. The number of hydrogen-bond donors (Lipinski definition) is 2. The molecule has 8 nitrogen and oxygen atoms in total. The van der Waals surface area contributed by atoms with Gasteiger partial charge in [-0.1, -0.05) is 24.3 Å². The van der Waals surface area contributed by atoms with Crippen LogP contribution in [0.4, 0.5) is 5.69 Å². The second-order valence-electron chi connectivity index (χ2n) is 5.09. The summed E-state index contributed by atoms with van der Waals surface area (Å²) in [5.41, 5.74) is 3.09. The van der Waals surface area contributed by atoms with Crippen LogP contribution in [0.3, 0.4) is 0 Å². The molecule has 0 spiro atoms. The van der Waals surface area contributed by atoms with Crippen molar-refractivity contribution < 1.29 is 14.8 Å². The van der Waals surface area contributed by atoms with Crippen molar-refractivity contribution >= 4 is 28.7 Å². The van der Waals surface area contributed by atoms with Crippen molar-refractivity contribution in [1.82, 2.24) is 10.4 Å². The summed E-state index contributed by atoms with van der Waals surface area (Å²) in [5, 5.41) is 25.1. The molecule has 0 fully saturated rings. The number of nitrogens with one attached hydrogen (secondary N) is 1. The monoisotopic (exact) mass is 336 g/mol. The van der Waals surface area contributed by atoms with E-state index in [4.69, 9.17) is 0 Å². The Hall–Kier alpha value is -3.81. The summed E-state index contributed by atoms with van der Waals surface area (Å²) in [4.78, 5) is 26.4. The molecule has 1 amide bonds. The summed E-state index contributed by atoms with van der Waals surface area (Å²) < 4.78 is 0. The van der Waals surface area contributed by atoms with E-state index < -0.39 is 10.8 Å². The number of fused-ring (bicyclic) bond motifs is 1. The van der Waals surface area contributed by atoms with E-state index in [0.717, 1.165) is 11.5 Å². The third-order valence-electron chi connectivity index (χ3n) is 3.40. The van der Waals surface area contributed by atoms with E-state index in [1.165, 1.54) is 30.5 Å². The second-order valence-corrected chi connectivity index (χ2v) is 5.09. The summed E-state index contributed by atoms with van der Waals surface area (Å²) in [5.74, 6) is -0.531. The van der Waals surface area contributed by atoms with Crippen molar-refractivity contribution in [3.63, 3.8) is 0 Å². The molecule has 0 radical (unpaired) electrons. The Morgan fingerprint density at radius 3 is 2.80 bits per heavy atom. The van der Waals surface area contributed by atoms with Crippen molar-refractivity contribution in [1.29, 1.82) is 0 Å². The highest BCUT2D eigenvalue weighted by Gasteiger charge is 2.10. The predicted molar refractivity (Wildman–Crippen MR) is 91.6 cm³/mol. The van der Waals surface area contributed by atoms with Crippen LogP contribution in [0.15, 0.2) is 59.7 Å². The van der Waals surface area contributed by atoms with E-state index >= 15 is 0 Å². The number of nitro groups is 1. The maximum atomic E-state index is 12.0. The fraction of sp³-hybridized carbons (Fsp3) is 0. The van der Waals surface area contributed by atoms with Gasteiger partial charge in [-0.2, -0.15) is 5.10 Å². The van der Waals surface area contributed by atoms with Crippen LogP contribution in [0.25, 0.3) is 10.9 Å². The van der Waals surface area contributed by atoms with Gasteiger partial charge in [0.1, 0.15) is 11.3 Å². The van der Waals surface area contributed by atoms with E-state index in [9.17, 15) is 20.0 Å². The molecule has 3 aromatic rings. The van der Waals surface area contributed by atoms with Crippen molar-refractivity contribution in [3.05, 3.63) is 76.0 Å². The largest absolute Gasteiger partial charge is 0.506 e. The Morgan fingerprint density at radius 2 is 2.00 bits per heavy atom. The molecule has 124 valence electrons. The van der Waals surface area contributed by atoms with Gasteiger partial charge in [0.15, 0.2) is 0 Å². The fourth-order valence-corrected chi connectivity index (χ4v) is 2.20. The van der Waals surface area contributed by atoms with Gasteiger partial charge in [-0.25, -0.2) is 10.4 Å². The minimum absolute atomic E-state index is 0.0494. The average Bonchev–Trinajstić information content (AvgIpc) is 2.62. The first-order chi connectivity index (χ1) is 12.0. The molecular formula is C17H12N4O4. The first-order valence-electron chi connectivity index (χ1n) is 7.21. The molecule has 1 heterocycles. The summed E-state index contributed by atoms with van der Waals surface area (Å²) in [6.07, 6.45) is 1.32. The number of nitro benzene ring substituents is 1. The number of hydrogen-bond acceptors (Lipinski definition) is 6. The number of pyridine rings is 1. The molecule has 0 atom stereocenters. The van der Waals surface area contributed by atoms with Gasteiger partial charge in [0, 0.05) is 23.1 Å². The van der Waals surface area contributed by atoms with Crippen LogP contribution in [0.1, 0.15) is 16.1 Å². The Labute approximate surface area is 141 Å². The molecule has 2 aromatic carbocycles. The van der Waals surface area contributed by atoms with E-state index in [-0.39, 0.29) is 17.0 Å². The molecule has 0 aliphatic rings. The van der Waals surface area contributed by atoms with Crippen LogP contribution in [0, 0.1) is 10.1 Å². The van der Waals surface area contributed by atoms with Crippen LogP contribution in [-0.4, -0.2) is 27.1 Å². The van der Waals surface area contributed by atoms with Gasteiger partial charge in [0.05, 0.1) is 16.8 Å². The number of rotatable bonds is 4. The van der Waals surface area contributed by atoms with Crippen LogP contribution in [-0.2, 0) is 0 Å². The number of benzene rings is 2. The molecule has 0 saturated carbocycles. The Balaban J connectivity index is 1.75.